The van der Waals surface area contributed by atoms with Crippen molar-refractivity contribution < 1.29 is 19.6 Å². The summed E-state index contributed by atoms with van der Waals surface area (Å²) in [5.74, 6) is -1.95. The summed E-state index contributed by atoms with van der Waals surface area (Å²) in [5, 5.41) is 31.2. The van der Waals surface area contributed by atoms with Crippen LogP contribution < -0.4 is 5.32 Å². The molecule has 0 unspecified atom stereocenters. The lowest BCUT2D eigenvalue weighted by molar-refractivity contribution is -0.384. The van der Waals surface area contributed by atoms with Crippen LogP contribution in [-0.2, 0) is 11.2 Å². The van der Waals surface area contributed by atoms with Crippen molar-refractivity contribution >= 4 is 17.6 Å². The van der Waals surface area contributed by atoms with Crippen LogP contribution in [0.25, 0.3) is 0 Å². The van der Waals surface area contributed by atoms with Gasteiger partial charge >= 0.3 is 5.97 Å². The molecule has 0 aliphatic heterocycles. The van der Waals surface area contributed by atoms with Crippen molar-refractivity contribution in [1.29, 1.82) is 5.26 Å². The number of benzene rings is 2. The highest BCUT2D eigenvalue weighted by atomic mass is 16.6. The number of nitrogens with zero attached hydrogens (tertiary/aromatic N) is 2. The topological polar surface area (TPSA) is 133 Å². The Bertz CT molecular complexity index is 855. The summed E-state index contributed by atoms with van der Waals surface area (Å²) in [4.78, 5) is 33.7. The maximum absolute atomic E-state index is 12.2. The Hall–Kier alpha value is -3.73. The number of nitro groups is 1. The van der Waals surface area contributed by atoms with E-state index in [-0.39, 0.29) is 17.7 Å². The molecule has 0 saturated carbocycles. The van der Waals surface area contributed by atoms with Crippen LogP contribution >= 0.6 is 0 Å². The highest BCUT2D eigenvalue weighted by Gasteiger charge is 2.22. The van der Waals surface area contributed by atoms with E-state index in [0.717, 1.165) is 6.07 Å². The van der Waals surface area contributed by atoms with Crippen LogP contribution in [0.5, 0.6) is 0 Å². The number of non-ortho nitro benzene ring substituents is 1. The normalized spacial score (nSPS) is 11.2. The first-order valence-electron chi connectivity index (χ1n) is 7.18. The van der Waals surface area contributed by atoms with Gasteiger partial charge in [0.25, 0.3) is 11.6 Å². The summed E-state index contributed by atoms with van der Waals surface area (Å²) >= 11 is 0. The van der Waals surface area contributed by atoms with E-state index in [0.29, 0.717) is 11.1 Å². The van der Waals surface area contributed by atoms with Crippen LogP contribution in [0, 0.1) is 21.4 Å². The van der Waals surface area contributed by atoms with Gasteiger partial charge in [0.2, 0.25) is 0 Å². The number of nitriles is 1. The van der Waals surface area contributed by atoms with E-state index in [1.807, 2.05) is 6.07 Å². The molecule has 25 heavy (non-hydrogen) atoms. The van der Waals surface area contributed by atoms with Gasteiger partial charge in [0.15, 0.2) is 0 Å². The molecule has 2 N–H and O–H groups in total. The number of hydrogen-bond donors (Lipinski definition) is 2. The lowest BCUT2D eigenvalue weighted by Crippen LogP contribution is -2.42. The third-order valence-electron chi connectivity index (χ3n) is 3.45. The lowest BCUT2D eigenvalue weighted by atomic mass is 10.0. The van der Waals surface area contributed by atoms with Gasteiger partial charge in [-0.15, -0.1) is 0 Å². The lowest BCUT2D eigenvalue weighted by Gasteiger charge is -2.14. The van der Waals surface area contributed by atoms with Crippen LogP contribution in [0.2, 0.25) is 0 Å². The Morgan fingerprint density at radius 3 is 2.48 bits per heavy atom. The average Bonchev–Trinajstić information content (AvgIpc) is 2.61. The average molecular weight is 339 g/mol. The van der Waals surface area contributed by atoms with Crippen molar-refractivity contribution in [2.75, 3.05) is 0 Å². The van der Waals surface area contributed by atoms with Gasteiger partial charge in [-0.3, -0.25) is 14.9 Å². The first-order valence-corrected chi connectivity index (χ1v) is 7.18. The second-order valence-electron chi connectivity index (χ2n) is 5.18. The molecule has 2 aromatic carbocycles. The fourth-order valence-corrected chi connectivity index (χ4v) is 2.15. The Balaban J connectivity index is 2.14. The monoisotopic (exact) mass is 339 g/mol. The largest absolute Gasteiger partial charge is 0.480 e. The quantitative estimate of drug-likeness (QED) is 0.610. The van der Waals surface area contributed by atoms with Crippen LogP contribution in [-0.4, -0.2) is 27.9 Å². The fourth-order valence-electron chi connectivity index (χ4n) is 2.15. The second kappa shape index (κ2) is 7.70. The number of carboxylic acids is 1. The van der Waals surface area contributed by atoms with E-state index in [1.54, 1.807) is 24.3 Å². The molecule has 2 aromatic rings. The van der Waals surface area contributed by atoms with Crippen molar-refractivity contribution in [3.8, 4) is 6.07 Å². The first-order chi connectivity index (χ1) is 11.9. The van der Waals surface area contributed by atoms with Crippen molar-refractivity contribution in [3.05, 3.63) is 75.3 Å². The Labute approximate surface area is 142 Å². The standard InChI is InChI=1S/C17H13N3O5/c18-10-12-6-4-11(5-7-12)8-15(17(22)23)19-16(21)13-2-1-3-14(9-13)20(24)25/h1-7,9,15H,8H2,(H,19,21)(H,22,23)/t15-/m1/s1. The highest BCUT2D eigenvalue weighted by Crippen LogP contribution is 2.14. The van der Waals surface area contributed by atoms with E-state index < -0.39 is 22.8 Å². The van der Waals surface area contributed by atoms with Crippen molar-refractivity contribution in [2.24, 2.45) is 0 Å². The molecule has 0 bridgehead atoms. The third kappa shape index (κ3) is 4.62. The molecule has 2 rings (SSSR count). The van der Waals surface area contributed by atoms with Crippen molar-refractivity contribution in [3.63, 3.8) is 0 Å². The van der Waals surface area contributed by atoms with Gasteiger partial charge in [-0.1, -0.05) is 18.2 Å². The van der Waals surface area contributed by atoms with E-state index >= 15 is 0 Å². The van der Waals surface area contributed by atoms with Gasteiger partial charge in [0, 0.05) is 24.1 Å². The molecule has 1 amide bonds. The van der Waals surface area contributed by atoms with E-state index in [2.05, 4.69) is 5.32 Å². The number of carboxylic acid groups (broad SMARTS) is 1. The van der Waals surface area contributed by atoms with Crippen molar-refractivity contribution in [2.45, 2.75) is 12.5 Å². The van der Waals surface area contributed by atoms with Crippen LogP contribution in [0.1, 0.15) is 21.5 Å². The Morgan fingerprint density at radius 1 is 1.24 bits per heavy atom. The summed E-state index contributed by atoms with van der Waals surface area (Å²) in [5.41, 5.74) is 0.814. The minimum atomic E-state index is -1.23. The molecule has 0 aliphatic rings. The summed E-state index contributed by atoms with van der Waals surface area (Å²) in [6.07, 6.45) is 0.0156. The summed E-state index contributed by atoms with van der Waals surface area (Å²) < 4.78 is 0. The summed E-state index contributed by atoms with van der Waals surface area (Å²) in [6.45, 7) is 0. The summed E-state index contributed by atoms with van der Waals surface area (Å²) in [7, 11) is 0. The summed E-state index contributed by atoms with van der Waals surface area (Å²) in [6, 6.07) is 12.1. The van der Waals surface area contributed by atoms with E-state index in [4.69, 9.17) is 5.26 Å². The van der Waals surface area contributed by atoms with Gasteiger partial charge in [-0.25, -0.2) is 4.79 Å². The third-order valence-corrected chi connectivity index (χ3v) is 3.45. The molecular formula is C17H13N3O5. The molecule has 0 saturated heterocycles. The molecule has 0 aliphatic carbocycles. The number of nitro benzene ring substituents is 1. The molecule has 0 radical (unpaired) electrons. The maximum atomic E-state index is 12.2. The van der Waals surface area contributed by atoms with E-state index in [9.17, 15) is 24.8 Å². The SMILES string of the molecule is N#Cc1ccc(C[C@@H](NC(=O)c2cccc([N+](=O)[O-])c2)C(=O)O)cc1. The molecule has 126 valence electrons. The number of carbonyl (C=O) groups is 2. The Morgan fingerprint density at radius 2 is 1.92 bits per heavy atom. The highest BCUT2D eigenvalue weighted by molar-refractivity contribution is 5.97. The molecular weight excluding hydrogens is 326 g/mol. The van der Waals surface area contributed by atoms with Gasteiger partial charge in [-0.2, -0.15) is 5.26 Å². The predicted molar refractivity (Wildman–Crippen MR) is 86.8 cm³/mol. The number of aliphatic carboxylic acids is 1. The van der Waals surface area contributed by atoms with Gasteiger partial charge in [-0.05, 0) is 23.8 Å². The zero-order chi connectivity index (χ0) is 18.4. The minimum absolute atomic E-state index is 0.000258. The van der Waals surface area contributed by atoms with Gasteiger partial charge in [0.05, 0.1) is 16.6 Å². The predicted octanol–water partition coefficient (Wildman–Crippen LogP) is 1.89. The Kier molecular flexibility index (Phi) is 5.43. The number of hydrogen-bond acceptors (Lipinski definition) is 5. The van der Waals surface area contributed by atoms with Crippen LogP contribution in [0.3, 0.4) is 0 Å². The minimum Gasteiger partial charge on any atom is -0.480 e. The van der Waals surface area contributed by atoms with Crippen LogP contribution in [0.15, 0.2) is 48.5 Å². The van der Waals surface area contributed by atoms with Crippen LogP contribution in [0.4, 0.5) is 5.69 Å². The van der Waals surface area contributed by atoms with Gasteiger partial charge < -0.3 is 10.4 Å². The fraction of sp³-hybridized carbons (Fsp3) is 0.118. The zero-order valence-corrected chi connectivity index (χ0v) is 12.9. The molecule has 8 heteroatoms. The number of carbonyl (C=O) groups excluding carboxylic acids is 1. The van der Waals surface area contributed by atoms with Gasteiger partial charge in [0.1, 0.15) is 6.04 Å². The van der Waals surface area contributed by atoms with Crippen molar-refractivity contribution in [1.82, 2.24) is 5.32 Å². The smallest absolute Gasteiger partial charge is 0.326 e. The first kappa shape index (κ1) is 17.6. The number of nitrogens with one attached hydrogen (secondary N) is 1. The number of rotatable bonds is 6. The molecule has 0 fully saturated rings. The van der Waals surface area contributed by atoms with E-state index in [1.165, 1.54) is 18.2 Å². The second-order valence-corrected chi connectivity index (χ2v) is 5.18. The molecule has 8 nitrogen and oxygen atoms in total. The molecule has 0 spiro atoms. The molecule has 0 aromatic heterocycles. The number of amides is 1. The maximum Gasteiger partial charge on any atom is 0.326 e. The molecule has 1 atom stereocenters. The zero-order valence-electron chi connectivity index (χ0n) is 12.9. The molecule has 0 heterocycles.